The molecule has 0 N–H and O–H groups in total. The number of dihydropyridines is 1. The van der Waals surface area contributed by atoms with Gasteiger partial charge in [0.25, 0.3) is 5.91 Å². The number of rotatable bonds is 0. The van der Waals surface area contributed by atoms with Gasteiger partial charge in [-0.05, 0) is 22.0 Å². The van der Waals surface area contributed by atoms with E-state index in [1.807, 2.05) is 6.08 Å². The Labute approximate surface area is 76.9 Å². The third kappa shape index (κ3) is 1.27. The van der Waals surface area contributed by atoms with Gasteiger partial charge in [-0.25, -0.2) is 4.99 Å². The molecule has 0 aromatic rings. The second-order valence-electron chi connectivity index (χ2n) is 2.34. The molecule has 0 fully saturated rings. The number of amidine groups is 1. The molecule has 0 aromatic carbocycles. The summed E-state index contributed by atoms with van der Waals surface area (Å²) in [7, 11) is 0. The summed E-state index contributed by atoms with van der Waals surface area (Å²) in [6.45, 7) is 0. The highest BCUT2D eigenvalue weighted by atomic mass is 79.9. The van der Waals surface area contributed by atoms with Crippen molar-refractivity contribution in [2.45, 2.75) is 6.04 Å². The maximum atomic E-state index is 10.8. The molecule has 0 aliphatic carbocycles. The van der Waals surface area contributed by atoms with E-state index in [2.05, 4.69) is 30.9 Å². The molecule has 1 amide bonds. The number of carbonyl (C=O) groups is 1. The average Bonchev–Trinajstić information content (AvgIpc) is 2.05. The van der Waals surface area contributed by atoms with Crippen LogP contribution in [0.5, 0.6) is 0 Å². The van der Waals surface area contributed by atoms with Gasteiger partial charge in [-0.1, -0.05) is 0 Å². The topological polar surface area (TPSA) is 54.1 Å². The Kier molecular flexibility index (Phi) is 1.73. The zero-order valence-corrected chi connectivity index (χ0v) is 7.52. The van der Waals surface area contributed by atoms with Gasteiger partial charge in [-0.3, -0.25) is 9.79 Å². The maximum Gasteiger partial charge on any atom is 0.289 e. The molecular formula is C7H4BrN3O. The molecule has 4 nitrogen and oxygen atoms in total. The quantitative estimate of drug-likeness (QED) is 0.600. The summed E-state index contributed by atoms with van der Waals surface area (Å²) in [5.74, 6) is 0.121. The fourth-order valence-electron chi connectivity index (χ4n) is 0.963. The van der Waals surface area contributed by atoms with Crippen LogP contribution in [0.1, 0.15) is 0 Å². The van der Waals surface area contributed by atoms with Crippen LogP contribution in [-0.2, 0) is 4.79 Å². The van der Waals surface area contributed by atoms with Gasteiger partial charge in [0, 0.05) is 10.7 Å². The van der Waals surface area contributed by atoms with Crippen molar-refractivity contribution >= 4 is 40.1 Å². The predicted octanol–water partition coefficient (Wildman–Crippen LogP) is 0.728. The molecule has 0 saturated heterocycles. The number of allylic oxidation sites excluding steroid dienone is 1. The molecule has 2 rings (SSSR count). The van der Waals surface area contributed by atoms with Crippen LogP contribution in [0.25, 0.3) is 0 Å². The van der Waals surface area contributed by atoms with E-state index < -0.39 is 0 Å². The van der Waals surface area contributed by atoms with Gasteiger partial charge in [0.2, 0.25) is 0 Å². The molecule has 2 aliphatic rings. The summed E-state index contributed by atoms with van der Waals surface area (Å²) in [5.41, 5.74) is 0. The van der Waals surface area contributed by atoms with Crippen molar-refractivity contribution in [3.05, 3.63) is 10.6 Å². The SMILES string of the molecule is O=C1C=NC2C=C(Br)C=NC2=N1. The molecule has 1 unspecified atom stereocenters. The van der Waals surface area contributed by atoms with Gasteiger partial charge in [-0.15, -0.1) is 0 Å². The normalized spacial score (nSPS) is 26.4. The maximum absolute atomic E-state index is 10.8. The van der Waals surface area contributed by atoms with Crippen molar-refractivity contribution in [3.8, 4) is 0 Å². The van der Waals surface area contributed by atoms with Crippen LogP contribution >= 0.6 is 15.9 Å². The van der Waals surface area contributed by atoms with Crippen LogP contribution in [0.4, 0.5) is 0 Å². The second-order valence-corrected chi connectivity index (χ2v) is 3.26. The van der Waals surface area contributed by atoms with E-state index in [-0.39, 0.29) is 11.9 Å². The first-order valence-corrected chi connectivity index (χ1v) is 4.12. The molecule has 12 heavy (non-hydrogen) atoms. The lowest BCUT2D eigenvalue weighted by Gasteiger charge is -2.13. The Balaban J connectivity index is 2.38. The Morgan fingerprint density at radius 3 is 3.08 bits per heavy atom. The molecule has 0 aromatic heterocycles. The van der Waals surface area contributed by atoms with Crippen LogP contribution in [0.3, 0.4) is 0 Å². The number of halogens is 1. The van der Waals surface area contributed by atoms with Crippen LogP contribution in [0.15, 0.2) is 25.5 Å². The zero-order valence-electron chi connectivity index (χ0n) is 5.94. The van der Waals surface area contributed by atoms with Crippen LogP contribution in [0.2, 0.25) is 0 Å². The lowest BCUT2D eigenvalue weighted by Crippen LogP contribution is -2.24. The minimum atomic E-state index is -0.343. The van der Waals surface area contributed by atoms with E-state index in [4.69, 9.17) is 0 Å². The van der Waals surface area contributed by atoms with E-state index in [1.54, 1.807) is 6.21 Å². The van der Waals surface area contributed by atoms with Crippen LogP contribution < -0.4 is 0 Å². The van der Waals surface area contributed by atoms with E-state index in [1.165, 1.54) is 6.21 Å². The molecule has 0 spiro atoms. The lowest BCUT2D eigenvalue weighted by atomic mass is 10.2. The van der Waals surface area contributed by atoms with E-state index in [0.717, 1.165) is 4.48 Å². The van der Waals surface area contributed by atoms with Gasteiger partial charge in [-0.2, -0.15) is 4.99 Å². The summed E-state index contributed by atoms with van der Waals surface area (Å²) >= 11 is 3.26. The molecular weight excluding hydrogens is 222 g/mol. The Morgan fingerprint density at radius 1 is 1.42 bits per heavy atom. The summed E-state index contributed by atoms with van der Waals surface area (Å²) in [5, 5.41) is 0. The molecule has 1 atom stereocenters. The first-order valence-electron chi connectivity index (χ1n) is 3.33. The number of nitrogens with zero attached hydrogens (tertiary/aromatic N) is 3. The molecule has 60 valence electrons. The number of hydrogen-bond acceptors (Lipinski definition) is 3. The van der Waals surface area contributed by atoms with E-state index in [9.17, 15) is 4.79 Å². The lowest BCUT2D eigenvalue weighted by molar-refractivity contribution is -0.111. The number of amides is 1. The van der Waals surface area contributed by atoms with Crippen molar-refractivity contribution in [2.24, 2.45) is 15.0 Å². The number of hydrogen-bond donors (Lipinski definition) is 0. The third-order valence-electron chi connectivity index (χ3n) is 1.47. The average molecular weight is 226 g/mol. The molecule has 0 saturated carbocycles. The molecule has 5 heteroatoms. The van der Waals surface area contributed by atoms with Crippen molar-refractivity contribution in [2.75, 3.05) is 0 Å². The number of fused-ring (bicyclic) bond motifs is 1. The van der Waals surface area contributed by atoms with Crippen LogP contribution in [0, 0.1) is 0 Å². The van der Waals surface area contributed by atoms with E-state index in [0.29, 0.717) is 5.84 Å². The monoisotopic (exact) mass is 225 g/mol. The fourth-order valence-corrected chi connectivity index (χ4v) is 1.32. The minimum absolute atomic E-state index is 0.193. The zero-order chi connectivity index (χ0) is 8.55. The largest absolute Gasteiger partial charge is 0.289 e. The summed E-state index contributed by atoms with van der Waals surface area (Å²) in [6, 6.07) is -0.193. The summed E-state index contributed by atoms with van der Waals surface area (Å²) in [4.78, 5) is 22.4. The number of aliphatic imine (C=N–C) groups is 3. The molecule has 2 heterocycles. The van der Waals surface area contributed by atoms with Crippen molar-refractivity contribution in [3.63, 3.8) is 0 Å². The van der Waals surface area contributed by atoms with Gasteiger partial charge >= 0.3 is 0 Å². The Morgan fingerprint density at radius 2 is 2.25 bits per heavy atom. The Hall–Kier alpha value is -1.10. The first-order chi connectivity index (χ1) is 5.75. The van der Waals surface area contributed by atoms with Crippen LogP contribution in [-0.4, -0.2) is 30.2 Å². The highest BCUT2D eigenvalue weighted by Crippen LogP contribution is 2.14. The summed E-state index contributed by atoms with van der Waals surface area (Å²) in [6.07, 6.45) is 4.66. The fraction of sp³-hybridized carbons (Fsp3) is 0.143. The standard InChI is InChI=1S/C7H4BrN3O/c8-4-1-5-7(10-2-4)11-6(12)3-9-5/h1-3,5H. The first kappa shape index (κ1) is 7.54. The van der Waals surface area contributed by atoms with Crippen molar-refractivity contribution in [1.82, 2.24) is 0 Å². The Bertz CT molecular complexity index is 354. The second kappa shape index (κ2) is 2.75. The van der Waals surface area contributed by atoms with Crippen molar-refractivity contribution in [1.29, 1.82) is 0 Å². The third-order valence-corrected chi connectivity index (χ3v) is 1.94. The van der Waals surface area contributed by atoms with Gasteiger partial charge in [0.05, 0.1) is 6.21 Å². The van der Waals surface area contributed by atoms with Crippen molar-refractivity contribution < 1.29 is 4.79 Å². The molecule has 0 bridgehead atoms. The van der Waals surface area contributed by atoms with E-state index >= 15 is 0 Å². The summed E-state index contributed by atoms with van der Waals surface area (Å²) < 4.78 is 0.859. The van der Waals surface area contributed by atoms with Gasteiger partial charge in [0.1, 0.15) is 6.04 Å². The highest BCUT2D eigenvalue weighted by Gasteiger charge is 2.19. The van der Waals surface area contributed by atoms with Gasteiger partial charge in [0.15, 0.2) is 5.84 Å². The highest BCUT2D eigenvalue weighted by molar-refractivity contribution is 9.12. The van der Waals surface area contributed by atoms with Gasteiger partial charge < -0.3 is 0 Å². The molecule has 0 radical (unpaired) electrons. The number of carbonyl (C=O) groups excluding carboxylic acids is 1. The molecule has 2 aliphatic heterocycles. The minimum Gasteiger partial charge on any atom is -0.272 e. The smallest absolute Gasteiger partial charge is 0.272 e. The predicted molar refractivity (Wildman–Crippen MR) is 50.2 cm³/mol.